The molecule has 2 heterocycles. The molecule has 1 aliphatic carbocycles. The highest BCUT2D eigenvalue weighted by atomic mass is 79.9. The summed E-state index contributed by atoms with van der Waals surface area (Å²) in [6.07, 6.45) is 13.8. The van der Waals surface area contributed by atoms with Crippen molar-refractivity contribution in [1.29, 1.82) is 0 Å². The van der Waals surface area contributed by atoms with Gasteiger partial charge in [0.25, 0.3) is 0 Å². The first kappa shape index (κ1) is 16.9. The zero-order chi connectivity index (χ0) is 17.1. The van der Waals surface area contributed by atoms with E-state index in [0.717, 1.165) is 29.2 Å². The first-order valence-electron chi connectivity index (χ1n) is 9.34. The Kier molecular flexibility index (Phi) is 4.99. The number of tetrazole rings is 1. The first-order valence-corrected chi connectivity index (χ1v) is 10.1. The van der Waals surface area contributed by atoms with Gasteiger partial charge in [0.2, 0.25) is 0 Å². The van der Waals surface area contributed by atoms with Gasteiger partial charge in [0.1, 0.15) is 11.9 Å². The standard InChI is InChI=1S/C19H25BrN5/c20-17-8-5-9-18-16(17)10-12-25(18,13-11-19-21-23-24-22-19)14-15-6-3-1-2-4-7-15/h5,8-10,12,15H,1-4,6-7,11,13-14H2,(H,21,22,23,24)/q+1. The van der Waals surface area contributed by atoms with E-state index in [2.05, 4.69) is 67.0 Å². The molecule has 1 saturated carbocycles. The van der Waals surface area contributed by atoms with E-state index in [-0.39, 0.29) is 0 Å². The number of aromatic nitrogens is 4. The van der Waals surface area contributed by atoms with Crippen LogP contribution in [0.15, 0.2) is 28.9 Å². The number of H-pyrrole nitrogens is 1. The lowest BCUT2D eigenvalue weighted by atomic mass is 9.98. The largest absolute Gasteiger partial charge is 0.264 e. The van der Waals surface area contributed by atoms with Crippen molar-refractivity contribution >= 4 is 27.7 Å². The fourth-order valence-electron chi connectivity index (χ4n) is 4.42. The predicted molar refractivity (Wildman–Crippen MR) is 104 cm³/mol. The molecule has 0 amide bonds. The zero-order valence-corrected chi connectivity index (χ0v) is 16.1. The molecule has 1 aromatic carbocycles. The number of nitrogens with one attached hydrogen (secondary N) is 1. The molecule has 2 aromatic rings. The van der Waals surface area contributed by atoms with Gasteiger partial charge in [-0.25, -0.2) is 0 Å². The number of hydrogen-bond donors (Lipinski definition) is 1. The Balaban J connectivity index is 1.62. The molecule has 1 atom stereocenters. The van der Waals surface area contributed by atoms with Gasteiger partial charge in [-0.2, -0.15) is 5.21 Å². The number of nitrogens with zero attached hydrogens (tertiary/aromatic N) is 4. The molecular weight excluding hydrogens is 378 g/mol. The maximum absolute atomic E-state index is 4.15. The SMILES string of the molecule is Brc1cccc2c1C=C[N+]2(CCc1nn[nH]n1)CC1CCCCCC1. The minimum Gasteiger partial charge on any atom is -0.264 e. The van der Waals surface area contributed by atoms with Crippen molar-refractivity contribution in [3.05, 3.63) is 40.3 Å². The molecule has 1 unspecified atom stereocenters. The Labute approximate surface area is 157 Å². The van der Waals surface area contributed by atoms with Gasteiger partial charge in [0.15, 0.2) is 5.82 Å². The van der Waals surface area contributed by atoms with Gasteiger partial charge in [-0.15, -0.1) is 10.2 Å². The van der Waals surface area contributed by atoms with Crippen LogP contribution in [0.1, 0.15) is 49.9 Å². The number of halogens is 1. The van der Waals surface area contributed by atoms with E-state index in [9.17, 15) is 0 Å². The lowest BCUT2D eigenvalue weighted by Crippen LogP contribution is -2.47. The van der Waals surface area contributed by atoms with Crippen LogP contribution in [0.2, 0.25) is 0 Å². The van der Waals surface area contributed by atoms with E-state index in [1.165, 1.54) is 60.8 Å². The van der Waals surface area contributed by atoms with Crippen molar-refractivity contribution in [2.45, 2.75) is 44.9 Å². The molecule has 1 aromatic heterocycles. The molecule has 2 aliphatic rings. The second-order valence-electron chi connectivity index (χ2n) is 7.36. The molecule has 25 heavy (non-hydrogen) atoms. The third-order valence-electron chi connectivity index (χ3n) is 5.72. The average Bonchev–Trinajstić information content (AvgIpc) is 3.18. The van der Waals surface area contributed by atoms with Crippen molar-refractivity contribution in [1.82, 2.24) is 25.1 Å². The minimum absolute atomic E-state index is 0.794. The summed E-state index contributed by atoms with van der Waals surface area (Å²) in [5.41, 5.74) is 2.73. The molecule has 1 N–H and O–H groups in total. The van der Waals surface area contributed by atoms with Crippen LogP contribution < -0.4 is 4.48 Å². The molecule has 1 aliphatic heterocycles. The van der Waals surface area contributed by atoms with Crippen LogP contribution >= 0.6 is 15.9 Å². The third-order valence-corrected chi connectivity index (χ3v) is 6.41. The lowest BCUT2D eigenvalue weighted by Gasteiger charge is -2.35. The van der Waals surface area contributed by atoms with Crippen molar-refractivity contribution in [2.75, 3.05) is 13.1 Å². The third kappa shape index (κ3) is 3.55. The van der Waals surface area contributed by atoms with Gasteiger partial charge >= 0.3 is 0 Å². The van der Waals surface area contributed by atoms with Crippen LogP contribution in [0.4, 0.5) is 5.69 Å². The summed E-state index contributed by atoms with van der Waals surface area (Å²) >= 11 is 3.73. The van der Waals surface area contributed by atoms with Crippen LogP contribution in [0, 0.1) is 5.92 Å². The van der Waals surface area contributed by atoms with Crippen molar-refractivity contribution in [3.8, 4) is 0 Å². The van der Waals surface area contributed by atoms with Gasteiger partial charge in [0, 0.05) is 22.5 Å². The molecule has 6 heteroatoms. The molecule has 0 bridgehead atoms. The summed E-state index contributed by atoms with van der Waals surface area (Å²) in [7, 11) is 0. The maximum Gasteiger partial charge on any atom is 0.180 e. The zero-order valence-electron chi connectivity index (χ0n) is 14.5. The van der Waals surface area contributed by atoms with Gasteiger partial charge < -0.3 is 0 Å². The summed E-state index contributed by atoms with van der Waals surface area (Å²) in [5.74, 6) is 1.59. The molecule has 1 fully saturated rings. The summed E-state index contributed by atoms with van der Waals surface area (Å²) in [6, 6.07) is 6.57. The van der Waals surface area contributed by atoms with Crippen LogP contribution in [0.5, 0.6) is 0 Å². The molecule has 0 saturated heterocycles. The molecule has 0 radical (unpaired) electrons. The monoisotopic (exact) mass is 402 g/mol. The quantitative estimate of drug-likeness (QED) is 0.592. The van der Waals surface area contributed by atoms with E-state index >= 15 is 0 Å². The van der Waals surface area contributed by atoms with E-state index in [1.54, 1.807) is 0 Å². The summed E-state index contributed by atoms with van der Waals surface area (Å²) < 4.78 is 2.09. The summed E-state index contributed by atoms with van der Waals surface area (Å²) in [5, 5.41) is 14.6. The van der Waals surface area contributed by atoms with Crippen molar-refractivity contribution < 1.29 is 0 Å². The highest BCUT2D eigenvalue weighted by Crippen LogP contribution is 2.41. The van der Waals surface area contributed by atoms with E-state index < -0.39 is 0 Å². The number of hydrogen-bond acceptors (Lipinski definition) is 3. The van der Waals surface area contributed by atoms with Crippen molar-refractivity contribution in [2.24, 2.45) is 5.92 Å². The molecule has 4 rings (SSSR count). The van der Waals surface area contributed by atoms with Gasteiger partial charge in [0.05, 0.1) is 25.1 Å². The van der Waals surface area contributed by atoms with Crippen LogP contribution in [-0.4, -0.2) is 33.7 Å². The van der Waals surface area contributed by atoms with Crippen LogP contribution in [0.3, 0.4) is 0 Å². The smallest absolute Gasteiger partial charge is 0.180 e. The molecule has 5 nitrogen and oxygen atoms in total. The van der Waals surface area contributed by atoms with Gasteiger partial charge in [-0.3, -0.25) is 4.48 Å². The molecule has 132 valence electrons. The van der Waals surface area contributed by atoms with Crippen LogP contribution in [-0.2, 0) is 6.42 Å². The Morgan fingerprint density at radius 2 is 2.00 bits per heavy atom. The summed E-state index contributed by atoms with van der Waals surface area (Å²) in [4.78, 5) is 0. The Morgan fingerprint density at radius 1 is 1.16 bits per heavy atom. The number of benzene rings is 1. The van der Waals surface area contributed by atoms with Gasteiger partial charge in [-0.05, 0) is 34.8 Å². The number of rotatable bonds is 5. The fourth-order valence-corrected chi connectivity index (χ4v) is 4.91. The van der Waals surface area contributed by atoms with Gasteiger partial charge in [-0.1, -0.05) is 37.0 Å². The van der Waals surface area contributed by atoms with Crippen molar-refractivity contribution in [3.63, 3.8) is 0 Å². The van der Waals surface area contributed by atoms with E-state index in [0.29, 0.717) is 0 Å². The number of aromatic amines is 1. The fraction of sp³-hybridized carbons (Fsp3) is 0.526. The molecular formula is C19H25BrN5+. The highest BCUT2D eigenvalue weighted by Gasteiger charge is 2.38. The lowest BCUT2D eigenvalue weighted by molar-refractivity contribution is 0.290. The predicted octanol–water partition coefficient (Wildman–Crippen LogP) is 4.47. The topological polar surface area (TPSA) is 54.5 Å². The second kappa shape index (κ2) is 7.38. The maximum atomic E-state index is 4.15. The number of quaternary nitrogens is 1. The summed E-state index contributed by atoms with van der Waals surface area (Å²) in [6.45, 7) is 2.16. The normalized spacial score (nSPS) is 23.6. The Hall–Kier alpha value is -1.53. The molecule has 0 spiro atoms. The highest BCUT2D eigenvalue weighted by molar-refractivity contribution is 9.10. The minimum atomic E-state index is 0.794. The van der Waals surface area contributed by atoms with E-state index in [4.69, 9.17) is 0 Å². The average molecular weight is 403 g/mol. The first-order chi connectivity index (χ1) is 12.3. The Morgan fingerprint density at radius 3 is 2.76 bits per heavy atom. The number of fused-ring (bicyclic) bond motifs is 1. The Bertz CT molecular complexity index is 734. The van der Waals surface area contributed by atoms with Crippen LogP contribution in [0.25, 0.3) is 6.08 Å². The second-order valence-corrected chi connectivity index (χ2v) is 8.22. The van der Waals surface area contributed by atoms with E-state index in [1.807, 2.05) is 0 Å².